The summed E-state index contributed by atoms with van der Waals surface area (Å²) in [4.78, 5) is 24.0. The predicted octanol–water partition coefficient (Wildman–Crippen LogP) is 2.16. The number of amides is 1. The van der Waals surface area contributed by atoms with Gasteiger partial charge in [-0.3, -0.25) is 9.59 Å². The highest BCUT2D eigenvalue weighted by Gasteiger charge is 2.51. The Hall–Kier alpha value is -2.30. The van der Waals surface area contributed by atoms with E-state index < -0.39 is 17.8 Å². The number of carbonyl (C=O) groups excluding carboxylic acids is 1. The van der Waals surface area contributed by atoms with Crippen molar-refractivity contribution in [1.29, 1.82) is 0 Å². The minimum Gasteiger partial charge on any atom is -0.495 e. The molecule has 2 bridgehead atoms. The molecule has 1 saturated carbocycles. The molecule has 5 nitrogen and oxygen atoms in total. The first-order valence-corrected chi connectivity index (χ1v) is 6.97. The van der Waals surface area contributed by atoms with E-state index in [1.165, 1.54) is 7.11 Å². The zero-order chi connectivity index (χ0) is 15.0. The Balaban J connectivity index is 1.82. The molecule has 2 N–H and O–H groups in total. The Morgan fingerprint density at radius 1 is 1.19 bits per heavy atom. The number of rotatable bonds is 4. The van der Waals surface area contributed by atoms with E-state index in [-0.39, 0.29) is 17.7 Å². The summed E-state index contributed by atoms with van der Waals surface area (Å²) in [5.41, 5.74) is 0.570. The molecule has 0 heterocycles. The van der Waals surface area contributed by atoms with Gasteiger partial charge in [-0.25, -0.2) is 0 Å². The molecule has 1 amide bonds. The van der Waals surface area contributed by atoms with Gasteiger partial charge in [-0.05, 0) is 30.4 Å². The van der Waals surface area contributed by atoms with E-state index >= 15 is 0 Å². The predicted molar refractivity (Wildman–Crippen MR) is 77.0 cm³/mol. The molecular weight excluding hydrogens is 270 g/mol. The van der Waals surface area contributed by atoms with E-state index in [4.69, 9.17) is 4.74 Å². The van der Waals surface area contributed by atoms with Crippen molar-refractivity contribution >= 4 is 17.6 Å². The van der Waals surface area contributed by atoms with Crippen LogP contribution in [0.15, 0.2) is 36.4 Å². The molecule has 1 aromatic carbocycles. The summed E-state index contributed by atoms with van der Waals surface area (Å²) in [6.07, 6.45) is 4.65. The quantitative estimate of drug-likeness (QED) is 0.832. The normalized spacial score (nSPS) is 29.4. The van der Waals surface area contributed by atoms with Crippen LogP contribution in [0, 0.1) is 23.7 Å². The summed E-state index contributed by atoms with van der Waals surface area (Å²) < 4.78 is 5.20. The first-order valence-electron chi connectivity index (χ1n) is 6.97. The van der Waals surface area contributed by atoms with Crippen molar-refractivity contribution in [2.75, 3.05) is 12.4 Å². The second-order valence-electron chi connectivity index (χ2n) is 5.53. The van der Waals surface area contributed by atoms with Gasteiger partial charge in [0.05, 0.1) is 24.6 Å². The summed E-state index contributed by atoms with van der Waals surface area (Å²) >= 11 is 0. The fourth-order valence-electron chi connectivity index (χ4n) is 3.48. The zero-order valence-electron chi connectivity index (χ0n) is 11.7. The van der Waals surface area contributed by atoms with E-state index in [1.54, 1.807) is 18.2 Å². The first-order chi connectivity index (χ1) is 10.1. The summed E-state index contributed by atoms with van der Waals surface area (Å²) in [5.74, 6) is -1.73. The summed E-state index contributed by atoms with van der Waals surface area (Å²) in [5, 5.41) is 12.2. The number of carboxylic acid groups (broad SMARTS) is 1. The first kappa shape index (κ1) is 13.7. The number of carboxylic acids is 1. The molecule has 1 aromatic rings. The molecule has 4 atom stereocenters. The van der Waals surface area contributed by atoms with Gasteiger partial charge in [0.1, 0.15) is 5.75 Å². The smallest absolute Gasteiger partial charge is 0.307 e. The lowest BCUT2D eigenvalue weighted by molar-refractivity contribution is -0.146. The maximum Gasteiger partial charge on any atom is 0.307 e. The molecular formula is C16H17NO4. The van der Waals surface area contributed by atoms with Gasteiger partial charge in [-0.2, -0.15) is 0 Å². The van der Waals surface area contributed by atoms with Gasteiger partial charge in [0.15, 0.2) is 0 Å². The van der Waals surface area contributed by atoms with Crippen molar-refractivity contribution in [3.63, 3.8) is 0 Å². The second-order valence-corrected chi connectivity index (χ2v) is 5.53. The van der Waals surface area contributed by atoms with E-state index in [0.717, 1.165) is 6.42 Å². The molecule has 3 rings (SSSR count). The molecule has 0 spiro atoms. The Bertz CT molecular complexity index is 610. The van der Waals surface area contributed by atoms with Gasteiger partial charge < -0.3 is 15.2 Å². The highest BCUT2D eigenvalue weighted by molar-refractivity contribution is 5.97. The van der Waals surface area contributed by atoms with Crippen molar-refractivity contribution in [2.24, 2.45) is 23.7 Å². The molecule has 2 aliphatic carbocycles. The summed E-state index contributed by atoms with van der Waals surface area (Å²) in [6.45, 7) is 0. The topological polar surface area (TPSA) is 75.6 Å². The monoisotopic (exact) mass is 287 g/mol. The molecule has 2 aliphatic rings. The van der Waals surface area contributed by atoms with Gasteiger partial charge in [0.2, 0.25) is 5.91 Å². The number of methoxy groups -OCH3 is 1. The summed E-state index contributed by atoms with van der Waals surface area (Å²) in [7, 11) is 1.53. The lowest BCUT2D eigenvalue weighted by Crippen LogP contribution is -2.36. The standard InChI is InChI=1S/C16H17NO4/c1-21-12-5-3-2-4-11(12)17-15(18)13-9-6-7-10(8-9)14(13)16(19)20/h2-7,9-10,13-14H,8H2,1H3,(H,17,18)(H,19,20)/t9-,10+,13+,14+/m0/s1. The lowest BCUT2D eigenvalue weighted by atomic mass is 9.82. The number of nitrogens with one attached hydrogen (secondary N) is 1. The van der Waals surface area contributed by atoms with Crippen molar-refractivity contribution in [3.8, 4) is 5.75 Å². The third kappa shape index (κ3) is 2.28. The van der Waals surface area contributed by atoms with Gasteiger partial charge in [-0.1, -0.05) is 24.3 Å². The number of hydrogen-bond acceptors (Lipinski definition) is 3. The van der Waals surface area contributed by atoms with Crippen LogP contribution in [-0.4, -0.2) is 24.1 Å². The average Bonchev–Trinajstić information content (AvgIpc) is 3.08. The zero-order valence-corrected chi connectivity index (χ0v) is 11.7. The third-order valence-corrected chi connectivity index (χ3v) is 4.41. The Labute approximate surface area is 122 Å². The van der Waals surface area contributed by atoms with Crippen molar-refractivity contribution in [2.45, 2.75) is 6.42 Å². The lowest BCUT2D eigenvalue weighted by Gasteiger charge is -2.24. The number of benzene rings is 1. The number of aliphatic carboxylic acids is 1. The van der Waals surface area contributed by atoms with Crippen LogP contribution in [0.1, 0.15) is 6.42 Å². The average molecular weight is 287 g/mol. The maximum atomic E-state index is 12.5. The van der Waals surface area contributed by atoms with E-state index in [1.807, 2.05) is 18.2 Å². The molecule has 0 radical (unpaired) electrons. The van der Waals surface area contributed by atoms with Gasteiger partial charge in [0.25, 0.3) is 0 Å². The maximum absolute atomic E-state index is 12.5. The number of fused-ring (bicyclic) bond motifs is 2. The van der Waals surface area contributed by atoms with E-state index in [2.05, 4.69) is 5.32 Å². The number of ether oxygens (including phenoxy) is 1. The largest absolute Gasteiger partial charge is 0.495 e. The molecule has 110 valence electrons. The molecule has 1 fully saturated rings. The van der Waals surface area contributed by atoms with Crippen LogP contribution in [-0.2, 0) is 9.59 Å². The molecule has 0 aromatic heterocycles. The van der Waals surface area contributed by atoms with Crippen LogP contribution >= 0.6 is 0 Å². The minimum atomic E-state index is -0.896. The molecule has 0 unspecified atom stereocenters. The van der Waals surface area contributed by atoms with Crippen LogP contribution in [0.25, 0.3) is 0 Å². The Morgan fingerprint density at radius 3 is 2.52 bits per heavy atom. The van der Waals surface area contributed by atoms with Gasteiger partial charge in [-0.15, -0.1) is 0 Å². The van der Waals surface area contributed by atoms with Crippen LogP contribution in [0.4, 0.5) is 5.69 Å². The van der Waals surface area contributed by atoms with Gasteiger partial charge >= 0.3 is 5.97 Å². The molecule has 0 saturated heterocycles. The highest BCUT2D eigenvalue weighted by atomic mass is 16.5. The van der Waals surface area contributed by atoms with Crippen LogP contribution < -0.4 is 10.1 Å². The number of hydrogen-bond donors (Lipinski definition) is 2. The Morgan fingerprint density at radius 2 is 1.86 bits per heavy atom. The van der Waals surface area contributed by atoms with Crippen molar-refractivity contribution in [1.82, 2.24) is 0 Å². The highest BCUT2D eigenvalue weighted by Crippen LogP contribution is 2.48. The molecule has 0 aliphatic heterocycles. The fourth-order valence-corrected chi connectivity index (χ4v) is 3.48. The SMILES string of the molecule is COc1ccccc1NC(=O)[C@H]1[C@H](C(=O)O)[C@@H]2C=C[C@H]1C2. The third-order valence-electron chi connectivity index (χ3n) is 4.41. The number of carbonyl (C=O) groups is 2. The van der Waals surface area contributed by atoms with E-state index in [9.17, 15) is 14.7 Å². The fraction of sp³-hybridized carbons (Fsp3) is 0.375. The van der Waals surface area contributed by atoms with Gasteiger partial charge in [0, 0.05) is 0 Å². The molecule has 21 heavy (non-hydrogen) atoms. The summed E-state index contributed by atoms with van der Waals surface area (Å²) in [6, 6.07) is 7.11. The van der Waals surface area contributed by atoms with Crippen LogP contribution in [0.3, 0.4) is 0 Å². The van der Waals surface area contributed by atoms with Crippen molar-refractivity contribution < 1.29 is 19.4 Å². The van der Waals surface area contributed by atoms with Crippen LogP contribution in [0.2, 0.25) is 0 Å². The molecule has 5 heteroatoms. The second kappa shape index (κ2) is 5.24. The van der Waals surface area contributed by atoms with E-state index in [0.29, 0.717) is 11.4 Å². The Kier molecular flexibility index (Phi) is 3.41. The number of para-hydroxylation sites is 2. The minimum absolute atomic E-state index is 0.0193. The van der Waals surface area contributed by atoms with Crippen LogP contribution in [0.5, 0.6) is 5.75 Å². The number of allylic oxidation sites excluding steroid dienone is 2. The number of anilines is 1. The van der Waals surface area contributed by atoms with Crippen molar-refractivity contribution in [3.05, 3.63) is 36.4 Å².